The molecule has 1 aromatic carbocycles. The average molecular weight is 546 g/mol. The maximum atomic E-state index is 12.7. The van der Waals surface area contributed by atoms with Gasteiger partial charge in [-0.05, 0) is 89.8 Å². The van der Waals surface area contributed by atoms with E-state index in [-0.39, 0.29) is 29.6 Å². The van der Waals surface area contributed by atoms with Crippen LogP contribution in [0.15, 0.2) is 18.2 Å². The highest BCUT2D eigenvalue weighted by molar-refractivity contribution is 5.79. The molecule has 220 valence electrons. The molecule has 0 aromatic heterocycles. The zero-order valence-electron chi connectivity index (χ0n) is 24.8. The summed E-state index contributed by atoms with van der Waals surface area (Å²) in [6.07, 6.45) is 8.38. The van der Waals surface area contributed by atoms with Crippen molar-refractivity contribution in [3.63, 3.8) is 0 Å². The van der Waals surface area contributed by atoms with Crippen LogP contribution in [0.25, 0.3) is 0 Å². The van der Waals surface area contributed by atoms with Crippen molar-refractivity contribution < 1.29 is 23.7 Å². The predicted octanol–water partition coefficient (Wildman–Crippen LogP) is 4.44. The van der Waals surface area contributed by atoms with Crippen molar-refractivity contribution in [3.8, 4) is 5.75 Å². The second-order valence-electron chi connectivity index (χ2n) is 12.4. The normalized spacial score (nSPS) is 27.4. The second-order valence-corrected chi connectivity index (χ2v) is 12.4. The van der Waals surface area contributed by atoms with E-state index in [1.54, 1.807) is 14.2 Å². The Kier molecular flexibility index (Phi) is 10.9. The van der Waals surface area contributed by atoms with Crippen LogP contribution in [0.4, 0.5) is 5.69 Å². The van der Waals surface area contributed by atoms with E-state index in [0.29, 0.717) is 18.8 Å². The molecule has 0 spiro atoms. The predicted molar refractivity (Wildman–Crippen MR) is 154 cm³/mol. The van der Waals surface area contributed by atoms with Gasteiger partial charge in [0.05, 0.1) is 31.0 Å². The van der Waals surface area contributed by atoms with E-state index in [1.165, 1.54) is 5.56 Å². The lowest BCUT2D eigenvalue weighted by Gasteiger charge is -2.41. The van der Waals surface area contributed by atoms with Crippen molar-refractivity contribution in [2.45, 2.75) is 109 Å². The summed E-state index contributed by atoms with van der Waals surface area (Å²) in [7, 11) is 3.52. The molecule has 3 atom stereocenters. The third kappa shape index (κ3) is 8.81. The monoisotopic (exact) mass is 545 g/mol. The van der Waals surface area contributed by atoms with E-state index < -0.39 is 0 Å². The standard InChI is InChI=1S/C31H51N3O5/c1-22(33-30(35)24-8-11-26(37-5)12-9-24)17-25-10-13-27(19-32-25)38-20-23-7-14-29-28(18-23)34(15-6-16-36-4)21-31(2,3)39-29/h7,14,18,22,24-27,32H,6,8-13,15-17,19-21H2,1-5H3,(H,33,35)/t22-,24-,25-,26-,27+/m0/s1. The highest BCUT2D eigenvalue weighted by Gasteiger charge is 2.32. The maximum absolute atomic E-state index is 12.7. The molecular weight excluding hydrogens is 494 g/mol. The fraction of sp³-hybridized carbons (Fsp3) is 0.774. The third-order valence-electron chi connectivity index (χ3n) is 8.46. The number of fused-ring (bicyclic) bond motifs is 1. The van der Waals surface area contributed by atoms with Gasteiger partial charge in [0.15, 0.2) is 0 Å². The van der Waals surface area contributed by atoms with Crippen LogP contribution < -0.4 is 20.3 Å². The average Bonchev–Trinajstić information content (AvgIpc) is 2.92. The molecule has 1 amide bonds. The Labute approximate surface area is 235 Å². The van der Waals surface area contributed by atoms with Gasteiger partial charge in [-0.1, -0.05) is 6.07 Å². The molecule has 2 heterocycles. The van der Waals surface area contributed by atoms with E-state index in [4.69, 9.17) is 18.9 Å². The van der Waals surface area contributed by atoms with Crippen LogP contribution in [0, 0.1) is 5.92 Å². The van der Waals surface area contributed by atoms with Crippen LogP contribution in [0.1, 0.15) is 77.7 Å². The van der Waals surface area contributed by atoms with Crippen LogP contribution in [0.3, 0.4) is 0 Å². The molecular formula is C31H51N3O5. The zero-order valence-corrected chi connectivity index (χ0v) is 24.8. The minimum Gasteiger partial charge on any atom is -0.484 e. The molecule has 2 fully saturated rings. The molecule has 2 aliphatic heterocycles. The number of anilines is 1. The molecule has 4 rings (SSSR count). The number of piperidine rings is 1. The number of hydrogen-bond acceptors (Lipinski definition) is 7. The van der Waals surface area contributed by atoms with E-state index in [2.05, 4.69) is 54.5 Å². The van der Waals surface area contributed by atoms with E-state index in [1.807, 2.05) is 0 Å². The summed E-state index contributed by atoms with van der Waals surface area (Å²) in [5, 5.41) is 6.93. The first-order valence-electron chi connectivity index (χ1n) is 15.0. The van der Waals surface area contributed by atoms with Gasteiger partial charge in [-0.3, -0.25) is 4.79 Å². The number of rotatable bonds is 12. The van der Waals surface area contributed by atoms with Crippen LogP contribution >= 0.6 is 0 Å². The Bertz CT molecular complexity index is 909. The van der Waals surface area contributed by atoms with Gasteiger partial charge in [0, 0.05) is 51.9 Å². The second kappa shape index (κ2) is 14.2. The molecule has 39 heavy (non-hydrogen) atoms. The van der Waals surface area contributed by atoms with Gasteiger partial charge in [0.25, 0.3) is 0 Å². The lowest BCUT2D eigenvalue weighted by Crippen LogP contribution is -2.47. The van der Waals surface area contributed by atoms with Crippen LogP contribution in [-0.2, 0) is 25.6 Å². The smallest absolute Gasteiger partial charge is 0.223 e. The Morgan fingerprint density at radius 1 is 1.15 bits per heavy atom. The van der Waals surface area contributed by atoms with Crippen LogP contribution in [0.2, 0.25) is 0 Å². The number of carbonyl (C=O) groups excluding carboxylic acids is 1. The van der Waals surface area contributed by atoms with Crippen molar-refractivity contribution in [2.75, 3.05) is 45.4 Å². The molecule has 8 nitrogen and oxygen atoms in total. The number of hydrogen-bond donors (Lipinski definition) is 2. The fourth-order valence-electron chi connectivity index (χ4n) is 6.31. The van der Waals surface area contributed by atoms with Crippen molar-refractivity contribution >= 4 is 11.6 Å². The number of methoxy groups -OCH3 is 2. The number of benzene rings is 1. The van der Waals surface area contributed by atoms with Crippen molar-refractivity contribution in [3.05, 3.63) is 23.8 Å². The summed E-state index contributed by atoms with van der Waals surface area (Å²) in [6, 6.07) is 7.02. The lowest BCUT2D eigenvalue weighted by atomic mass is 9.86. The number of carbonyl (C=O) groups is 1. The fourth-order valence-corrected chi connectivity index (χ4v) is 6.31. The number of amides is 1. The number of nitrogens with one attached hydrogen (secondary N) is 2. The molecule has 0 unspecified atom stereocenters. The van der Waals surface area contributed by atoms with E-state index >= 15 is 0 Å². The molecule has 1 saturated heterocycles. The SMILES string of the molecule is COCCCN1CC(C)(C)Oc2ccc(CO[C@@H]3CC[C@@H](C[C@H](C)NC(=O)[C@H]4CC[C@H](OC)CC4)NC3)cc21. The molecule has 3 aliphatic rings. The molecule has 2 N–H and O–H groups in total. The highest BCUT2D eigenvalue weighted by atomic mass is 16.5. The zero-order chi connectivity index (χ0) is 27.8. The van der Waals surface area contributed by atoms with Gasteiger partial charge in [0.1, 0.15) is 11.4 Å². The Morgan fingerprint density at radius 3 is 2.62 bits per heavy atom. The summed E-state index contributed by atoms with van der Waals surface area (Å²) < 4.78 is 23.3. The number of ether oxygens (including phenoxy) is 4. The first kappa shape index (κ1) is 30.1. The van der Waals surface area contributed by atoms with Crippen molar-refractivity contribution in [1.82, 2.24) is 10.6 Å². The van der Waals surface area contributed by atoms with Gasteiger partial charge in [-0.25, -0.2) is 0 Å². The molecule has 0 radical (unpaired) electrons. The van der Waals surface area contributed by atoms with Gasteiger partial charge < -0.3 is 34.5 Å². The van der Waals surface area contributed by atoms with Crippen molar-refractivity contribution in [2.24, 2.45) is 5.92 Å². The summed E-state index contributed by atoms with van der Waals surface area (Å²) in [5.74, 6) is 1.29. The highest BCUT2D eigenvalue weighted by Crippen LogP contribution is 2.38. The number of nitrogens with zero attached hydrogens (tertiary/aromatic N) is 1. The summed E-state index contributed by atoms with van der Waals surface area (Å²) in [4.78, 5) is 15.1. The summed E-state index contributed by atoms with van der Waals surface area (Å²) in [6.45, 7) is 10.4. The van der Waals surface area contributed by atoms with Gasteiger partial charge in [-0.15, -0.1) is 0 Å². The van der Waals surface area contributed by atoms with Crippen LogP contribution in [0.5, 0.6) is 5.75 Å². The molecule has 0 bridgehead atoms. The summed E-state index contributed by atoms with van der Waals surface area (Å²) in [5.41, 5.74) is 2.11. The quantitative estimate of drug-likeness (QED) is 0.376. The Morgan fingerprint density at radius 2 is 1.92 bits per heavy atom. The molecule has 1 saturated carbocycles. The Hall–Kier alpha value is -1.87. The molecule has 8 heteroatoms. The van der Waals surface area contributed by atoms with E-state index in [9.17, 15) is 4.79 Å². The maximum Gasteiger partial charge on any atom is 0.223 e. The first-order chi connectivity index (χ1) is 18.8. The minimum absolute atomic E-state index is 0.134. The van der Waals surface area contributed by atoms with Gasteiger partial charge >= 0.3 is 0 Å². The first-order valence-corrected chi connectivity index (χ1v) is 15.0. The molecule has 1 aromatic rings. The van der Waals surface area contributed by atoms with Crippen molar-refractivity contribution in [1.29, 1.82) is 0 Å². The minimum atomic E-state index is -0.216. The van der Waals surface area contributed by atoms with Gasteiger partial charge in [-0.2, -0.15) is 0 Å². The van der Waals surface area contributed by atoms with Crippen LogP contribution in [-0.4, -0.2) is 76.3 Å². The molecule has 1 aliphatic carbocycles. The third-order valence-corrected chi connectivity index (χ3v) is 8.46. The lowest BCUT2D eigenvalue weighted by molar-refractivity contribution is -0.127. The largest absolute Gasteiger partial charge is 0.484 e. The van der Waals surface area contributed by atoms with E-state index in [0.717, 1.165) is 89.0 Å². The van der Waals surface area contributed by atoms with Gasteiger partial charge in [0.2, 0.25) is 5.91 Å². The Balaban J connectivity index is 1.19. The summed E-state index contributed by atoms with van der Waals surface area (Å²) >= 11 is 0. The topological polar surface area (TPSA) is 81.3 Å².